The van der Waals surface area contributed by atoms with E-state index in [-0.39, 0.29) is 23.4 Å². The molecule has 134 valence electrons. The maximum atomic E-state index is 11.3. The van der Waals surface area contributed by atoms with Gasteiger partial charge in [-0.05, 0) is 43.3 Å². The topological polar surface area (TPSA) is 130 Å². The summed E-state index contributed by atoms with van der Waals surface area (Å²) < 4.78 is 0. The minimum Gasteiger partial charge on any atom is -0.478 e. The van der Waals surface area contributed by atoms with Crippen LogP contribution in [0.3, 0.4) is 0 Å². The van der Waals surface area contributed by atoms with Gasteiger partial charge in [-0.25, -0.2) is 4.79 Å². The molecule has 26 heavy (non-hydrogen) atoms. The van der Waals surface area contributed by atoms with Crippen LogP contribution in [0.15, 0.2) is 52.7 Å². The fraction of sp³-hybridized carbons (Fsp3) is 0.222. The SMILES string of the molecule is CCN(CC#N)c1ccc(N=Nc2cc(C(O)O)ccc2C(=O)O)cc1. The molecule has 8 nitrogen and oxygen atoms in total. The van der Waals surface area contributed by atoms with Gasteiger partial charge in [0, 0.05) is 17.8 Å². The lowest BCUT2D eigenvalue weighted by Gasteiger charge is -2.19. The van der Waals surface area contributed by atoms with Crippen LogP contribution in [0.4, 0.5) is 17.1 Å². The molecular weight excluding hydrogens is 336 g/mol. The summed E-state index contributed by atoms with van der Waals surface area (Å²) in [5.74, 6) is -1.19. The summed E-state index contributed by atoms with van der Waals surface area (Å²) in [7, 11) is 0. The highest BCUT2D eigenvalue weighted by atomic mass is 16.5. The van der Waals surface area contributed by atoms with Crippen LogP contribution >= 0.6 is 0 Å². The molecule has 0 unspecified atom stereocenters. The normalized spacial score (nSPS) is 10.9. The summed E-state index contributed by atoms with van der Waals surface area (Å²) in [5, 5.41) is 44.4. The van der Waals surface area contributed by atoms with E-state index in [1.807, 2.05) is 11.8 Å². The summed E-state index contributed by atoms with van der Waals surface area (Å²) in [6.45, 7) is 2.91. The summed E-state index contributed by atoms with van der Waals surface area (Å²) in [6.07, 6.45) is -1.73. The first-order valence-corrected chi connectivity index (χ1v) is 7.83. The predicted octanol–water partition coefficient (Wildman–Crippen LogP) is 3.13. The van der Waals surface area contributed by atoms with Gasteiger partial charge in [-0.3, -0.25) is 0 Å². The summed E-state index contributed by atoms with van der Waals surface area (Å²) in [6, 6.07) is 12.9. The highest BCUT2D eigenvalue weighted by Crippen LogP contribution is 2.27. The Labute approximate surface area is 150 Å². The number of aromatic carboxylic acids is 1. The van der Waals surface area contributed by atoms with E-state index in [1.54, 1.807) is 24.3 Å². The number of rotatable bonds is 7. The monoisotopic (exact) mass is 354 g/mol. The Kier molecular flexibility index (Phi) is 6.38. The Morgan fingerprint density at radius 2 is 1.88 bits per heavy atom. The number of azo groups is 1. The van der Waals surface area contributed by atoms with Crippen LogP contribution in [0, 0.1) is 11.3 Å². The number of nitriles is 1. The van der Waals surface area contributed by atoms with Crippen molar-refractivity contribution >= 4 is 23.0 Å². The smallest absolute Gasteiger partial charge is 0.337 e. The molecule has 0 radical (unpaired) electrons. The van der Waals surface area contributed by atoms with E-state index in [0.29, 0.717) is 12.2 Å². The van der Waals surface area contributed by atoms with E-state index >= 15 is 0 Å². The average Bonchev–Trinajstić information content (AvgIpc) is 2.64. The van der Waals surface area contributed by atoms with Gasteiger partial charge in [-0.2, -0.15) is 10.4 Å². The molecule has 0 saturated heterocycles. The molecule has 0 aliphatic rings. The molecule has 3 N–H and O–H groups in total. The van der Waals surface area contributed by atoms with Crippen LogP contribution in [-0.2, 0) is 0 Å². The Morgan fingerprint density at radius 3 is 2.42 bits per heavy atom. The molecule has 0 fully saturated rings. The fourth-order valence-electron chi connectivity index (χ4n) is 2.29. The van der Waals surface area contributed by atoms with Crippen molar-refractivity contribution < 1.29 is 20.1 Å². The van der Waals surface area contributed by atoms with Gasteiger partial charge in [-0.15, -0.1) is 5.11 Å². The van der Waals surface area contributed by atoms with E-state index in [4.69, 9.17) is 5.26 Å². The number of carbonyl (C=O) groups is 1. The van der Waals surface area contributed by atoms with Crippen LogP contribution in [0.2, 0.25) is 0 Å². The third-order valence-corrected chi connectivity index (χ3v) is 3.68. The first-order chi connectivity index (χ1) is 12.5. The van der Waals surface area contributed by atoms with Crippen molar-refractivity contribution in [3.63, 3.8) is 0 Å². The minimum atomic E-state index is -1.73. The molecule has 8 heteroatoms. The predicted molar refractivity (Wildman–Crippen MR) is 94.7 cm³/mol. The number of hydrogen-bond acceptors (Lipinski definition) is 7. The minimum absolute atomic E-state index is 0.0202. The van der Waals surface area contributed by atoms with E-state index in [0.717, 1.165) is 5.69 Å². The van der Waals surface area contributed by atoms with E-state index in [1.165, 1.54) is 18.2 Å². The molecular formula is C18H18N4O4. The molecule has 0 aliphatic heterocycles. The van der Waals surface area contributed by atoms with Crippen LogP contribution in [-0.4, -0.2) is 34.4 Å². The average molecular weight is 354 g/mol. The largest absolute Gasteiger partial charge is 0.478 e. The Bertz CT molecular complexity index is 841. The quantitative estimate of drug-likeness (QED) is 0.398. The standard InChI is InChI=1S/C18H18N4O4/c1-2-22(10-9-19)14-6-4-13(5-7-14)20-21-16-11-12(17(23)24)3-8-15(16)18(25)26/h3-8,11,17,23-24H,2,10H2,1H3,(H,25,26). The Morgan fingerprint density at radius 1 is 1.19 bits per heavy atom. The lowest BCUT2D eigenvalue weighted by molar-refractivity contribution is -0.0424. The third-order valence-electron chi connectivity index (χ3n) is 3.68. The third kappa shape index (κ3) is 4.63. The number of anilines is 1. The zero-order valence-corrected chi connectivity index (χ0v) is 14.1. The second-order valence-corrected chi connectivity index (χ2v) is 5.34. The van der Waals surface area contributed by atoms with Crippen molar-refractivity contribution in [2.45, 2.75) is 13.2 Å². The molecule has 0 aromatic heterocycles. The second-order valence-electron chi connectivity index (χ2n) is 5.34. The summed E-state index contributed by atoms with van der Waals surface area (Å²) in [5.41, 5.74) is 1.40. The van der Waals surface area contributed by atoms with Gasteiger partial charge in [0.25, 0.3) is 0 Å². The molecule has 0 bridgehead atoms. The molecule has 0 spiro atoms. The van der Waals surface area contributed by atoms with Gasteiger partial charge in [0.2, 0.25) is 0 Å². The number of nitrogens with zero attached hydrogens (tertiary/aromatic N) is 4. The van der Waals surface area contributed by atoms with Crippen molar-refractivity contribution in [3.05, 3.63) is 53.6 Å². The van der Waals surface area contributed by atoms with Crippen molar-refractivity contribution in [1.29, 1.82) is 5.26 Å². The van der Waals surface area contributed by atoms with E-state index in [9.17, 15) is 20.1 Å². The van der Waals surface area contributed by atoms with Gasteiger partial charge < -0.3 is 20.2 Å². The Balaban J connectivity index is 2.28. The van der Waals surface area contributed by atoms with Crippen LogP contribution < -0.4 is 4.90 Å². The highest BCUT2D eigenvalue weighted by molar-refractivity contribution is 5.93. The first-order valence-electron chi connectivity index (χ1n) is 7.83. The Hall–Kier alpha value is -3.28. The van der Waals surface area contributed by atoms with Gasteiger partial charge in [0.1, 0.15) is 12.2 Å². The molecule has 2 aromatic rings. The van der Waals surface area contributed by atoms with Gasteiger partial charge >= 0.3 is 5.97 Å². The fourth-order valence-corrected chi connectivity index (χ4v) is 2.29. The second kappa shape index (κ2) is 8.71. The van der Waals surface area contributed by atoms with Crippen LogP contribution in [0.1, 0.15) is 29.1 Å². The van der Waals surface area contributed by atoms with Crippen molar-refractivity contribution in [3.8, 4) is 6.07 Å². The summed E-state index contributed by atoms with van der Waals surface area (Å²) in [4.78, 5) is 13.2. The number of aliphatic hydroxyl groups excluding tert-OH is 1. The molecule has 2 rings (SSSR count). The number of carboxylic acid groups (broad SMARTS) is 1. The molecule has 0 saturated carbocycles. The zero-order valence-electron chi connectivity index (χ0n) is 14.1. The number of carboxylic acids is 1. The van der Waals surface area contributed by atoms with E-state index in [2.05, 4.69) is 16.3 Å². The first kappa shape index (κ1) is 19.1. The lowest BCUT2D eigenvalue weighted by Crippen LogP contribution is -2.22. The number of hydrogen-bond donors (Lipinski definition) is 3. The molecule has 0 amide bonds. The van der Waals surface area contributed by atoms with Crippen molar-refractivity contribution in [2.75, 3.05) is 18.0 Å². The maximum Gasteiger partial charge on any atom is 0.337 e. The van der Waals surface area contributed by atoms with Gasteiger partial charge in [0.15, 0.2) is 6.29 Å². The number of benzene rings is 2. The maximum absolute atomic E-state index is 11.3. The van der Waals surface area contributed by atoms with Crippen LogP contribution in [0.25, 0.3) is 0 Å². The van der Waals surface area contributed by atoms with Gasteiger partial charge in [-0.1, -0.05) is 6.07 Å². The van der Waals surface area contributed by atoms with Crippen molar-refractivity contribution in [2.24, 2.45) is 10.2 Å². The molecule has 0 atom stereocenters. The molecule has 2 aromatic carbocycles. The molecule has 0 aliphatic carbocycles. The molecule has 0 heterocycles. The van der Waals surface area contributed by atoms with Crippen LogP contribution in [0.5, 0.6) is 0 Å². The highest BCUT2D eigenvalue weighted by Gasteiger charge is 2.13. The number of aliphatic hydroxyl groups is 2. The van der Waals surface area contributed by atoms with E-state index < -0.39 is 12.3 Å². The van der Waals surface area contributed by atoms with Gasteiger partial charge in [0.05, 0.1) is 17.3 Å². The lowest BCUT2D eigenvalue weighted by atomic mass is 10.1. The zero-order chi connectivity index (χ0) is 19.1. The summed E-state index contributed by atoms with van der Waals surface area (Å²) >= 11 is 0. The van der Waals surface area contributed by atoms with Crippen molar-refractivity contribution in [1.82, 2.24) is 0 Å².